The maximum absolute atomic E-state index is 12.9. The van der Waals surface area contributed by atoms with Crippen LogP contribution >= 0.6 is 11.3 Å². The number of nitrogens with zero attached hydrogens (tertiary/aromatic N) is 2. The molecule has 3 rings (SSSR count). The Morgan fingerprint density at radius 2 is 1.90 bits per heavy atom. The number of piperazine rings is 1. The Morgan fingerprint density at radius 3 is 2.59 bits per heavy atom. The average Bonchev–Trinajstić information content (AvgIpc) is 3.20. The summed E-state index contributed by atoms with van der Waals surface area (Å²) in [6.45, 7) is 4.73. The van der Waals surface area contributed by atoms with Crippen molar-refractivity contribution in [2.75, 3.05) is 44.2 Å². The predicted octanol–water partition coefficient (Wildman–Crippen LogP) is 4.03. The third kappa shape index (κ3) is 6.75. The maximum Gasteiger partial charge on any atom is 0.416 e. The van der Waals surface area contributed by atoms with E-state index in [4.69, 9.17) is 0 Å². The Hall–Kier alpha value is -2.06. The first-order valence-electron chi connectivity index (χ1n) is 9.84. The zero-order valence-electron chi connectivity index (χ0n) is 16.3. The molecule has 1 aromatic heterocycles. The van der Waals surface area contributed by atoms with E-state index in [0.717, 1.165) is 57.2 Å². The monoisotopic (exact) mass is 425 g/mol. The quantitative estimate of drug-likeness (QED) is 0.649. The summed E-state index contributed by atoms with van der Waals surface area (Å²) in [6, 6.07) is 7.51. The summed E-state index contributed by atoms with van der Waals surface area (Å²) in [5.74, 6) is 0.0538. The van der Waals surface area contributed by atoms with Gasteiger partial charge in [-0.15, -0.1) is 0 Å². The summed E-state index contributed by atoms with van der Waals surface area (Å²) in [4.78, 5) is 16.2. The van der Waals surface area contributed by atoms with Crippen LogP contribution in [0.3, 0.4) is 0 Å². The van der Waals surface area contributed by atoms with Crippen molar-refractivity contribution in [1.82, 2.24) is 10.2 Å². The number of carbonyl (C=O) groups is 1. The number of alkyl halides is 3. The third-order valence-corrected chi connectivity index (χ3v) is 5.81. The second kappa shape index (κ2) is 10.1. The van der Waals surface area contributed by atoms with Gasteiger partial charge in [0.2, 0.25) is 5.91 Å². The molecular weight excluding hydrogens is 399 g/mol. The van der Waals surface area contributed by atoms with Crippen molar-refractivity contribution in [3.05, 3.63) is 52.2 Å². The molecule has 1 saturated heterocycles. The van der Waals surface area contributed by atoms with E-state index in [1.807, 2.05) is 21.7 Å². The van der Waals surface area contributed by atoms with Crippen LogP contribution in [0.4, 0.5) is 18.9 Å². The fraction of sp³-hybridized carbons (Fsp3) is 0.476. The van der Waals surface area contributed by atoms with Gasteiger partial charge in [-0.05, 0) is 60.0 Å². The highest BCUT2D eigenvalue weighted by Crippen LogP contribution is 2.31. The van der Waals surface area contributed by atoms with Crippen LogP contribution < -0.4 is 10.2 Å². The number of amides is 1. The van der Waals surface area contributed by atoms with Crippen molar-refractivity contribution in [3.63, 3.8) is 0 Å². The van der Waals surface area contributed by atoms with Gasteiger partial charge in [-0.25, -0.2) is 0 Å². The minimum Gasteiger partial charge on any atom is -0.369 e. The van der Waals surface area contributed by atoms with E-state index in [-0.39, 0.29) is 5.91 Å². The number of benzene rings is 1. The van der Waals surface area contributed by atoms with Crippen LogP contribution in [0.1, 0.15) is 24.0 Å². The molecule has 0 aliphatic carbocycles. The van der Waals surface area contributed by atoms with E-state index in [1.54, 1.807) is 17.4 Å². The van der Waals surface area contributed by atoms with Crippen LogP contribution in [0.15, 0.2) is 41.1 Å². The lowest BCUT2D eigenvalue weighted by Gasteiger charge is -2.36. The molecule has 1 aliphatic rings. The van der Waals surface area contributed by atoms with Crippen molar-refractivity contribution in [2.24, 2.45) is 0 Å². The second-order valence-electron chi connectivity index (χ2n) is 7.24. The minimum atomic E-state index is -4.31. The molecule has 1 amide bonds. The van der Waals surface area contributed by atoms with E-state index in [9.17, 15) is 18.0 Å². The standard InChI is InChI=1S/C21H26F3N3OS/c22-21(23,24)18-4-3-5-19(15-18)27-11-9-26(10-12-27)8-2-1-7-25-20(28)14-17-6-13-29-16-17/h3-6,13,15-16H,1-2,7-12,14H2,(H,25,28). The van der Waals surface area contributed by atoms with Gasteiger partial charge in [-0.2, -0.15) is 24.5 Å². The molecule has 1 aromatic carbocycles. The topological polar surface area (TPSA) is 35.6 Å². The Balaban J connectivity index is 1.32. The van der Waals surface area contributed by atoms with Crippen molar-refractivity contribution >= 4 is 22.9 Å². The van der Waals surface area contributed by atoms with E-state index in [1.165, 1.54) is 12.1 Å². The van der Waals surface area contributed by atoms with Crippen LogP contribution in [0.25, 0.3) is 0 Å². The van der Waals surface area contributed by atoms with Gasteiger partial charge in [0.05, 0.1) is 12.0 Å². The van der Waals surface area contributed by atoms with Gasteiger partial charge in [0.1, 0.15) is 0 Å². The molecule has 0 spiro atoms. The number of unbranched alkanes of at least 4 members (excludes halogenated alkanes) is 1. The molecule has 2 heterocycles. The molecule has 8 heteroatoms. The highest BCUT2D eigenvalue weighted by Gasteiger charge is 2.31. The molecule has 1 fully saturated rings. The highest BCUT2D eigenvalue weighted by molar-refractivity contribution is 7.08. The second-order valence-corrected chi connectivity index (χ2v) is 8.02. The molecule has 0 saturated carbocycles. The minimum absolute atomic E-state index is 0.0538. The lowest BCUT2D eigenvalue weighted by molar-refractivity contribution is -0.137. The predicted molar refractivity (Wildman–Crippen MR) is 110 cm³/mol. The van der Waals surface area contributed by atoms with Gasteiger partial charge >= 0.3 is 6.18 Å². The number of rotatable bonds is 8. The number of carbonyl (C=O) groups excluding carboxylic acids is 1. The molecule has 158 valence electrons. The summed E-state index contributed by atoms with van der Waals surface area (Å²) < 4.78 is 38.7. The number of anilines is 1. The summed E-state index contributed by atoms with van der Waals surface area (Å²) in [7, 11) is 0. The first kappa shape index (κ1) is 21.6. The summed E-state index contributed by atoms with van der Waals surface area (Å²) in [6.07, 6.45) is -1.97. The Bertz CT molecular complexity index is 772. The van der Waals surface area contributed by atoms with Gasteiger partial charge in [0.15, 0.2) is 0 Å². The first-order chi connectivity index (χ1) is 13.9. The number of hydrogen-bond donors (Lipinski definition) is 1. The summed E-state index contributed by atoms with van der Waals surface area (Å²) in [5, 5.41) is 6.90. The van der Waals surface area contributed by atoms with Gasteiger partial charge < -0.3 is 10.2 Å². The normalized spacial score (nSPS) is 15.5. The molecule has 0 atom stereocenters. The van der Waals surface area contributed by atoms with Crippen molar-refractivity contribution < 1.29 is 18.0 Å². The van der Waals surface area contributed by atoms with E-state index in [2.05, 4.69) is 10.2 Å². The van der Waals surface area contributed by atoms with Gasteiger partial charge in [-0.1, -0.05) is 6.07 Å². The van der Waals surface area contributed by atoms with Crippen LogP contribution in [-0.2, 0) is 17.4 Å². The van der Waals surface area contributed by atoms with Gasteiger partial charge in [-0.3, -0.25) is 9.69 Å². The van der Waals surface area contributed by atoms with E-state index >= 15 is 0 Å². The fourth-order valence-electron chi connectivity index (χ4n) is 3.44. The molecule has 1 N–H and O–H groups in total. The highest BCUT2D eigenvalue weighted by atomic mass is 32.1. The fourth-order valence-corrected chi connectivity index (χ4v) is 4.11. The van der Waals surface area contributed by atoms with Crippen LogP contribution in [0, 0.1) is 0 Å². The average molecular weight is 426 g/mol. The molecule has 29 heavy (non-hydrogen) atoms. The molecule has 0 radical (unpaired) electrons. The number of halogens is 3. The number of nitrogens with one attached hydrogen (secondary N) is 1. The molecule has 2 aromatic rings. The molecule has 0 bridgehead atoms. The number of thiophene rings is 1. The lowest BCUT2D eigenvalue weighted by atomic mass is 10.1. The first-order valence-corrected chi connectivity index (χ1v) is 10.8. The Kier molecular flexibility index (Phi) is 7.55. The molecule has 0 unspecified atom stereocenters. The van der Waals surface area contributed by atoms with Crippen LogP contribution in [0.5, 0.6) is 0 Å². The number of hydrogen-bond acceptors (Lipinski definition) is 4. The van der Waals surface area contributed by atoms with Crippen molar-refractivity contribution in [2.45, 2.75) is 25.4 Å². The van der Waals surface area contributed by atoms with Crippen LogP contribution in [0.2, 0.25) is 0 Å². The Morgan fingerprint density at radius 1 is 1.10 bits per heavy atom. The van der Waals surface area contributed by atoms with Gasteiger partial charge in [0.25, 0.3) is 0 Å². The Labute approximate surface area is 173 Å². The summed E-state index contributed by atoms with van der Waals surface area (Å²) >= 11 is 1.59. The molecule has 1 aliphatic heterocycles. The lowest BCUT2D eigenvalue weighted by Crippen LogP contribution is -2.46. The van der Waals surface area contributed by atoms with Crippen LogP contribution in [-0.4, -0.2) is 50.1 Å². The maximum atomic E-state index is 12.9. The van der Waals surface area contributed by atoms with E-state index < -0.39 is 11.7 Å². The zero-order chi connectivity index (χ0) is 20.7. The van der Waals surface area contributed by atoms with E-state index in [0.29, 0.717) is 18.7 Å². The summed E-state index contributed by atoms with van der Waals surface area (Å²) in [5.41, 5.74) is 1.08. The smallest absolute Gasteiger partial charge is 0.369 e. The molecule has 4 nitrogen and oxygen atoms in total. The molecular formula is C21H26F3N3OS. The van der Waals surface area contributed by atoms with Crippen molar-refractivity contribution in [3.8, 4) is 0 Å². The zero-order valence-corrected chi connectivity index (χ0v) is 17.1. The van der Waals surface area contributed by atoms with Gasteiger partial charge in [0, 0.05) is 38.4 Å². The SMILES string of the molecule is O=C(Cc1ccsc1)NCCCCN1CCN(c2cccc(C(F)(F)F)c2)CC1. The van der Waals surface area contributed by atoms with Crippen molar-refractivity contribution in [1.29, 1.82) is 0 Å². The largest absolute Gasteiger partial charge is 0.416 e. The third-order valence-electron chi connectivity index (χ3n) is 5.08.